The van der Waals surface area contributed by atoms with E-state index in [1.807, 2.05) is 65.6 Å². The zero-order valence-electron chi connectivity index (χ0n) is 19.3. The summed E-state index contributed by atoms with van der Waals surface area (Å²) in [4.78, 5) is 26.1. The van der Waals surface area contributed by atoms with Gasteiger partial charge >= 0.3 is 5.97 Å². The second-order valence-electron chi connectivity index (χ2n) is 8.60. The summed E-state index contributed by atoms with van der Waals surface area (Å²) >= 11 is 0. The maximum absolute atomic E-state index is 12.3. The van der Waals surface area contributed by atoms with Gasteiger partial charge in [0.1, 0.15) is 0 Å². The van der Waals surface area contributed by atoms with Crippen molar-refractivity contribution in [2.75, 3.05) is 13.2 Å². The molecule has 5 nitrogen and oxygen atoms in total. The molecule has 2 aromatic rings. The lowest BCUT2D eigenvalue weighted by Gasteiger charge is -2.22. The molecule has 2 aromatic carbocycles. The van der Waals surface area contributed by atoms with Gasteiger partial charge in [-0.05, 0) is 37.0 Å². The Labute approximate surface area is 197 Å². The van der Waals surface area contributed by atoms with Crippen LogP contribution < -0.4 is 0 Å². The van der Waals surface area contributed by atoms with Gasteiger partial charge in [-0.2, -0.15) is 0 Å². The zero-order chi connectivity index (χ0) is 23.3. The highest BCUT2D eigenvalue weighted by Gasteiger charge is 2.28. The number of unbranched alkanes of at least 4 members (excludes halogenated alkanes) is 4. The number of carbonyl (C=O) groups excluding carboxylic acids is 2. The number of likely N-dealkylation sites (tertiary alicyclic amines) is 1. The molecule has 2 atom stereocenters. The molecule has 1 fully saturated rings. The third kappa shape index (κ3) is 8.50. The van der Waals surface area contributed by atoms with Gasteiger partial charge in [0.2, 0.25) is 5.91 Å². The maximum Gasteiger partial charge on any atom is 0.338 e. The quantitative estimate of drug-likeness (QED) is 0.267. The SMILES string of the molecule is O=C(OCCCCCCCN1C(=O)CC[C@@H]1C=C[C@@H](O)Cc1ccccc1)c1ccccc1. The largest absolute Gasteiger partial charge is 0.462 e. The van der Waals surface area contributed by atoms with Gasteiger partial charge < -0.3 is 14.7 Å². The Balaban J connectivity index is 1.28. The molecule has 0 spiro atoms. The standard InChI is InChI=1S/C28H35NO4/c30-26(22-23-12-6-4-7-13-23)18-16-25-17-19-27(31)29(25)20-10-2-1-3-11-21-33-28(32)24-14-8-5-9-15-24/h4-9,12-16,18,25-26,30H,1-3,10-11,17,19-22H2/t25-,26+/m0/s1. The lowest BCUT2D eigenvalue weighted by atomic mass is 10.1. The molecule has 1 heterocycles. The first kappa shape index (κ1) is 24.7. The summed E-state index contributed by atoms with van der Waals surface area (Å²) in [5.74, 6) is -0.0637. The average molecular weight is 450 g/mol. The number of rotatable bonds is 13. The van der Waals surface area contributed by atoms with Crippen LogP contribution in [0.1, 0.15) is 60.9 Å². The molecule has 1 N–H and O–H groups in total. The fourth-order valence-electron chi connectivity index (χ4n) is 4.16. The molecule has 0 aliphatic carbocycles. The summed E-state index contributed by atoms with van der Waals surface area (Å²) in [6.45, 7) is 1.20. The zero-order valence-corrected chi connectivity index (χ0v) is 19.3. The highest BCUT2D eigenvalue weighted by Crippen LogP contribution is 2.21. The second-order valence-corrected chi connectivity index (χ2v) is 8.60. The molecule has 0 bridgehead atoms. The molecule has 176 valence electrons. The van der Waals surface area contributed by atoms with Crippen LogP contribution in [0.5, 0.6) is 0 Å². The Bertz CT molecular complexity index is 881. The Morgan fingerprint density at radius 3 is 2.42 bits per heavy atom. The average Bonchev–Trinajstić information content (AvgIpc) is 3.19. The van der Waals surface area contributed by atoms with Gasteiger partial charge in [0, 0.05) is 19.4 Å². The van der Waals surface area contributed by atoms with E-state index in [4.69, 9.17) is 4.74 Å². The van der Waals surface area contributed by atoms with Crippen LogP contribution in [0.25, 0.3) is 0 Å². The van der Waals surface area contributed by atoms with Crippen molar-refractivity contribution in [1.29, 1.82) is 0 Å². The summed E-state index contributed by atoms with van der Waals surface area (Å²) in [5.41, 5.74) is 1.69. The Morgan fingerprint density at radius 2 is 1.67 bits per heavy atom. The molecule has 1 aliphatic heterocycles. The van der Waals surface area contributed by atoms with Crippen LogP contribution in [0.3, 0.4) is 0 Å². The lowest BCUT2D eigenvalue weighted by Crippen LogP contribution is -2.32. The number of benzene rings is 2. The van der Waals surface area contributed by atoms with Crippen LogP contribution in [0, 0.1) is 0 Å². The first-order chi connectivity index (χ1) is 16.1. The highest BCUT2D eigenvalue weighted by atomic mass is 16.5. The normalized spacial score (nSPS) is 16.9. The van der Waals surface area contributed by atoms with Crippen molar-refractivity contribution < 1.29 is 19.4 Å². The Morgan fingerprint density at radius 1 is 1.00 bits per heavy atom. The number of amides is 1. The van der Waals surface area contributed by atoms with Gasteiger partial charge in [-0.3, -0.25) is 4.79 Å². The number of ether oxygens (including phenoxy) is 1. The minimum atomic E-state index is -0.541. The van der Waals surface area contributed by atoms with E-state index in [1.165, 1.54) is 0 Å². The predicted octanol–water partition coefficient (Wildman–Crippen LogP) is 4.94. The molecular weight excluding hydrogens is 414 g/mol. The van der Waals surface area contributed by atoms with E-state index in [-0.39, 0.29) is 17.9 Å². The molecule has 0 aromatic heterocycles. The summed E-state index contributed by atoms with van der Waals surface area (Å²) in [5, 5.41) is 10.3. The maximum atomic E-state index is 12.3. The van der Waals surface area contributed by atoms with Crippen molar-refractivity contribution in [1.82, 2.24) is 4.90 Å². The molecule has 1 amide bonds. The number of aliphatic hydroxyl groups excluding tert-OH is 1. The molecular formula is C28H35NO4. The van der Waals surface area contributed by atoms with E-state index in [0.717, 1.165) is 50.6 Å². The van der Waals surface area contributed by atoms with Crippen molar-refractivity contribution >= 4 is 11.9 Å². The van der Waals surface area contributed by atoms with E-state index in [0.29, 0.717) is 25.0 Å². The van der Waals surface area contributed by atoms with Crippen molar-refractivity contribution in [2.24, 2.45) is 0 Å². The third-order valence-corrected chi connectivity index (χ3v) is 6.00. The van der Waals surface area contributed by atoms with E-state index < -0.39 is 6.10 Å². The number of aliphatic hydroxyl groups is 1. The second kappa shape index (κ2) is 13.6. The van der Waals surface area contributed by atoms with E-state index in [2.05, 4.69) is 0 Å². The van der Waals surface area contributed by atoms with Gasteiger partial charge in [0.25, 0.3) is 0 Å². The Hall–Kier alpha value is -2.92. The first-order valence-corrected chi connectivity index (χ1v) is 12.1. The third-order valence-electron chi connectivity index (χ3n) is 6.00. The van der Waals surface area contributed by atoms with E-state index in [1.54, 1.807) is 12.1 Å². The molecule has 1 aliphatic rings. The summed E-state index contributed by atoms with van der Waals surface area (Å²) in [6.07, 6.45) is 10.2. The van der Waals surface area contributed by atoms with Gasteiger partial charge in [0.05, 0.1) is 24.3 Å². The molecule has 0 radical (unpaired) electrons. The topological polar surface area (TPSA) is 66.8 Å². The fourth-order valence-corrected chi connectivity index (χ4v) is 4.16. The van der Waals surface area contributed by atoms with Crippen LogP contribution in [-0.2, 0) is 16.0 Å². The smallest absolute Gasteiger partial charge is 0.338 e. The highest BCUT2D eigenvalue weighted by molar-refractivity contribution is 5.89. The number of carbonyl (C=O) groups is 2. The van der Waals surface area contributed by atoms with E-state index in [9.17, 15) is 14.7 Å². The fraction of sp³-hybridized carbons (Fsp3) is 0.429. The molecule has 0 unspecified atom stereocenters. The van der Waals surface area contributed by atoms with Gasteiger partial charge in [-0.25, -0.2) is 4.79 Å². The van der Waals surface area contributed by atoms with Crippen LogP contribution in [0.2, 0.25) is 0 Å². The number of nitrogens with zero attached hydrogens (tertiary/aromatic N) is 1. The minimum absolute atomic E-state index is 0.0836. The summed E-state index contributed by atoms with van der Waals surface area (Å²) in [6, 6.07) is 19.1. The van der Waals surface area contributed by atoms with Crippen molar-refractivity contribution in [3.8, 4) is 0 Å². The van der Waals surface area contributed by atoms with Crippen LogP contribution in [0.15, 0.2) is 72.8 Å². The molecule has 3 rings (SSSR count). The number of esters is 1. The van der Waals surface area contributed by atoms with Crippen molar-refractivity contribution in [3.05, 3.63) is 83.9 Å². The molecule has 33 heavy (non-hydrogen) atoms. The molecule has 5 heteroatoms. The molecule has 0 saturated carbocycles. The van der Waals surface area contributed by atoms with Crippen LogP contribution in [-0.4, -0.2) is 47.2 Å². The number of hydrogen-bond acceptors (Lipinski definition) is 4. The minimum Gasteiger partial charge on any atom is -0.462 e. The Kier molecular flexibility index (Phi) is 10.2. The predicted molar refractivity (Wildman–Crippen MR) is 130 cm³/mol. The van der Waals surface area contributed by atoms with Gasteiger partial charge in [-0.15, -0.1) is 0 Å². The first-order valence-electron chi connectivity index (χ1n) is 12.1. The monoisotopic (exact) mass is 449 g/mol. The lowest BCUT2D eigenvalue weighted by molar-refractivity contribution is -0.128. The van der Waals surface area contributed by atoms with Crippen molar-refractivity contribution in [3.63, 3.8) is 0 Å². The van der Waals surface area contributed by atoms with Crippen LogP contribution in [0.4, 0.5) is 0 Å². The molecule has 1 saturated heterocycles. The number of hydrogen-bond donors (Lipinski definition) is 1. The van der Waals surface area contributed by atoms with Gasteiger partial charge in [0.15, 0.2) is 0 Å². The summed E-state index contributed by atoms with van der Waals surface area (Å²) in [7, 11) is 0. The van der Waals surface area contributed by atoms with Gasteiger partial charge in [-0.1, -0.05) is 79.9 Å². The van der Waals surface area contributed by atoms with Crippen molar-refractivity contribution in [2.45, 2.75) is 63.5 Å². The van der Waals surface area contributed by atoms with Crippen LogP contribution >= 0.6 is 0 Å². The van der Waals surface area contributed by atoms with E-state index >= 15 is 0 Å². The summed E-state index contributed by atoms with van der Waals surface area (Å²) < 4.78 is 5.31.